The van der Waals surface area contributed by atoms with Crippen molar-refractivity contribution in [1.82, 2.24) is 0 Å². The number of hydrogen-bond donors (Lipinski definition) is 2. The molecule has 0 saturated heterocycles. The lowest BCUT2D eigenvalue weighted by Crippen LogP contribution is -2.21. The van der Waals surface area contributed by atoms with Crippen molar-refractivity contribution in [3.8, 4) is 0 Å². The van der Waals surface area contributed by atoms with Crippen molar-refractivity contribution in [2.75, 3.05) is 5.32 Å². The van der Waals surface area contributed by atoms with Gasteiger partial charge in [-0.15, -0.1) is 0 Å². The van der Waals surface area contributed by atoms with E-state index in [0.29, 0.717) is 16.8 Å². The summed E-state index contributed by atoms with van der Waals surface area (Å²) in [5, 5.41) is 12.0. The van der Waals surface area contributed by atoms with Crippen molar-refractivity contribution < 1.29 is 14.7 Å². The minimum atomic E-state index is -0.892. The summed E-state index contributed by atoms with van der Waals surface area (Å²) < 4.78 is 0. The SMILES string of the molecule is CC(C(=O)O)c1cccc(NC(=O)c2ccccc2C(C)(C)C)c1. The number of carbonyl (C=O) groups excluding carboxylic acids is 1. The number of benzene rings is 2. The van der Waals surface area contributed by atoms with Crippen molar-refractivity contribution in [3.05, 3.63) is 65.2 Å². The van der Waals surface area contributed by atoms with E-state index in [2.05, 4.69) is 26.1 Å². The summed E-state index contributed by atoms with van der Waals surface area (Å²) in [5.74, 6) is -1.71. The lowest BCUT2D eigenvalue weighted by molar-refractivity contribution is -0.138. The maximum Gasteiger partial charge on any atom is 0.310 e. The molecule has 4 heteroatoms. The van der Waals surface area contributed by atoms with Crippen LogP contribution in [0, 0.1) is 0 Å². The third kappa shape index (κ3) is 4.02. The summed E-state index contributed by atoms with van der Waals surface area (Å²) in [6.07, 6.45) is 0. The molecule has 0 radical (unpaired) electrons. The van der Waals surface area contributed by atoms with Crippen LogP contribution in [0.2, 0.25) is 0 Å². The normalized spacial score (nSPS) is 12.5. The van der Waals surface area contributed by atoms with E-state index in [-0.39, 0.29) is 11.3 Å². The van der Waals surface area contributed by atoms with Crippen molar-refractivity contribution in [1.29, 1.82) is 0 Å². The molecule has 1 atom stereocenters. The Labute approximate surface area is 142 Å². The number of amides is 1. The number of anilines is 1. The van der Waals surface area contributed by atoms with Crippen LogP contribution in [0.1, 0.15) is 55.1 Å². The maximum absolute atomic E-state index is 12.7. The van der Waals surface area contributed by atoms with Crippen molar-refractivity contribution in [3.63, 3.8) is 0 Å². The van der Waals surface area contributed by atoms with Gasteiger partial charge < -0.3 is 10.4 Å². The summed E-state index contributed by atoms with van der Waals surface area (Å²) in [4.78, 5) is 23.8. The van der Waals surface area contributed by atoms with Gasteiger partial charge in [-0.3, -0.25) is 9.59 Å². The van der Waals surface area contributed by atoms with Gasteiger partial charge in [0, 0.05) is 11.3 Å². The molecule has 0 aliphatic rings. The molecule has 2 N–H and O–H groups in total. The van der Waals surface area contributed by atoms with Crippen LogP contribution in [-0.2, 0) is 10.2 Å². The number of aliphatic carboxylic acids is 1. The highest BCUT2D eigenvalue weighted by Crippen LogP contribution is 2.27. The van der Waals surface area contributed by atoms with Crippen LogP contribution in [0.4, 0.5) is 5.69 Å². The van der Waals surface area contributed by atoms with Gasteiger partial charge in [0.15, 0.2) is 0 Å². The summed E-state index contributed by atoms with van der Waals surface area (Å²) in [5.41, 5.74) is 2.70. The molecule has 4 nitrogen and oxygen atoms in total. The van der Waals surface area contributed by atoms with Crippen molar-refractivity contribution in [2.24, 2.45) is 0 Å². The van der Waals surface area contributed by atoms with Crippen LogP contribution in [-0.4, -0.2) is 17.0 Å². The van der Waals surface area contributed by atoms with Gasteiger partial charge >= 0.3 is 5.97 Å². The molecule has 1 amide bonds. The highest BCUT2D eigenvalue weighted by atomic mass is 16.4. The Bertz CT molecular complexity index is 759. The predicted octanol–water partition coefficient (Wildman–Crippen LogP) is 4.42. The second kappa shape index (κ2) is 6.87. The average molecular weight is 325 g/mol. The molecule has 0 bridgehead atoms. The minimum Gasteiger partial charge on any atom is -0.481 e. The van der Waals surface area contributed by atoms with Gasteiger partial charge in [0.25, 0.3) is 5.91 Å². The zero-order chi connectivity index (χ0) is 17.9. The molecule has 0 heterocycles. The van der Waals surface area contributed by atoms with Crippen molar-refractivity contribution in [2.45, 2.75) is 39.0 Å². The topological polar surface area (TPSA) is 66.4 Å². The minimum absolute atomic E-state index is 0.145. The molecule has 2 rings (SSSR count). The first kappa shape index (κ1) is 17.7. The molecule has 0 aliphatic carbocycles. The summed E-state index contributed by atoms with van der Waals surface area (Å²) >= 11 is 0. The average Bonchev–Trinajstić information content (AvgIpc) is 2.53. The zero-order valence-electron chi connectivity index (χ0n) is 14.5. The Morgan fingerprint density at radius 1 is 1.04 bits per heavy atom. The third-order valence-electron chi connectivity index (χ3n) is 3.99. The van der Waals surface area contributed by atoms with E-state index in [1.807, 2.05) is 18.2 Å². The molecule has 2 aromatic carbocycles. The fourth-order valence-electron chi connectivity index (χ4n) is 2.56. The smallest absolute Gasteiger partial charge is 0.310 e. The Morgan fingerprint density at radius 2 is 1.71 bits per heavy atom. The first-order chi connectivity index (χ1) is 11.2. The van der Waals surface area contributed by atoms with E-state index < -0.39 is 11.9 Å². The predicted molar refractivity (Wildman–Crippen MR) is 95.6 cm³/mol. The molecule has 126 valence electrons. The van der Waals surface area contributed by atoms with Crippen molar-refractivity contribution >= 4 is 17.6 Å². The second-order valence-electron chi connectivity index (χ2n) is 6.94. The monoisotopic (exact) mass is 325 g/mol. The largest absolute Gasteiger partial charge is 0.481 e. The van der Waals surface area contributed by atoms with Crippen LogP contribution in [0.25, 0.3) is 0 Å². The number of carbonyl (C=O) groups is 2. The molecule has 1 unspecified atom stereocenters. The standard InChI is InChI=1S/C20H23NO3/c1-13(19(23)24)14-8-7-9-15(12-14)21-18(22)16-10-5-6-11-17(16)20(2,3)4/h5-13H,1-4H3,(H,21,22)(H,23,24). The number of nitrogens with one attached hydrogen (secondary N) is 1. The van der Waals surface area contributed by atoms with Crippen LogP contribution in [0.5, 0.6) is 0 Å². The zero-order valence-corrected chi connectivity index (χ0v) is 14.5. The van der Waals surface area contributed by atoms with Gasteiger partial charge in [-0.25, -0.2) is 0 Å². The van der Waals surface area contributed by atoms with E-state index in [4.69, 9.17) is 5.11 Å². The first-order valence-electron chi connectivity index (χ1n) is 7.94. The molecule has 0 aromatic heterocycles. The van der Waals surface area contributed by atoms with Gasteiger partial charge in [-0.1, -0.05) is 51.1 Å². The van der Waals surface area contributed by atoms with Crippen LogP contribution in [0.3, 0.4) is 0 Å². The Morgan fingerprint density at radius 3 is 2.33 bits per heavy atom. The molecule has 2 aromatic rings. The van der Waals surface area contributed by atoms with Gasteiger partial charge in [0.05, 0.1) is 5.92 Å². The summed E-state index contributed by atoms with van der Waals surface area (Å²) in [6.45, 7) is 7.81. The number of carboxylic acids is 1. The van der Waals surface area contributed by atoms with E-state index in [1.54, 1.807) is 37.3 Å². The highest BCUT2D eigenvalue weighted by Gasteiger charge is 2.21. The summed E-state index contributed by atoms with van der Waals surface area (Å²) in [7, 11) is 0. The molecule has 0 saturated carbocycles. The highest BCUT2D eigenvalue weighted by molar-refractivity contribution is 6.05. The van der Waals surface area contributed by atoms with Crippen LogP contribution < -0.4 is 5.32 Å². The van der Waals surface area contributed by atoms with Gasteiger partial charge in [0.1, 0.15) is 0 Å². The molecule has 0 spiro atoms. The molecular formula is C20H23NO3. The van der Waals surface area contributed by atoms with Crippen LogP contribution in [0.15, 0.2) is 48.5 Å². The Balaban J connectivity index is 2.29. The Hall–Kier alpha value is -2.62. The lowest BCUT2D eigenvalue weighted by Gasteiger charge is -2.22. The summed E-state index contributed by atoms with van der Waals surface area (Å²) in [6, 6.07) is 14.5. The fourth-order valence-corrected chi connectivity index (χ4v) is 2.56. The van der Waals surface area contributed by atoms with E-state index in [9.17, 15) is 9.59 Å². The van der Waals surface area contributed by atoms with Crippen LogP contribution >= 0.6 is 0 Å². The maximum atomic E-state index is 12.7. The molecular weight excluding hydrogens is 302 g/mol. The van der Waals surface area contributed by atoms with Gasteiger partial charge in [0.2, 0.25) is 0 Å². The van der Waals surface area contributed by atoms with Gasteiger partial charge in [-0.2, -0.15) is 0 Å². The van der Waals surface area contributed by atoms with E-state index >= 15 is 0 Å². The molecule has 0 fully saturated rings. The van der Waals surface area contributed by atoms with E-state index in [0.717, 1.165) is 5.56 Å². The number of carboxylic acid groups (broad SMARTS) is 1. The van der Waals surface area contributed by atoms with E-state index in [1.165, 1.54) is 0 Å². The Kier molecular flexibility index (Phi) is 5.07. The first-order valence-corrected chi connectivity index (χ1v) is 7.94. The number of rotatable bonds is 4. The lowest BCUT2D eigenvalue weighted by atomic mass is 9.83. The molecule has 0 aliphatic heterocycles. The molecule has 24 heavy (non-hydrogen) atoms. The second-order valence-corrected chi connectivity index (χ2v) is 6.94. The third-order valence-corrected chi connectivity index (χ3v) is 3.99. The fraction of sp³-hybridized carbons (Fsp3) is 0.300. The van der Waals surface area contributed by atoms with Gasteiger partial charge in [-0.05, 0) is 41.7 Å². The number of hydrogen-bond acceptors (Lipinski definition) is 2. The quantitative estimate of drug-likeness (QED) is 0.874.